The lowest BCUT2D eigenvalue weighted by Gasteiger charge is -2.04. The van der Waals surface area contributed by atoms with Gasteiger partial charge in [-0.15, -0.1) is 0 Å². The second kappa shape index (κ2) is 4.67. The Morgan fingerprint density at radius 2 is 1.62 bits per heavy atom. The normalized spacial score (nSPS) is 11.2. The number of phenols is 1. The topological polar surface area (TPSA) is 36.0 Å². The van der Waals surface area contributed by atoms with Crippen LogP contribution in [0.1, 0.15) is 11.1 Å². The van der Waals surface area contributed by atoms with Crippen LogP contribution in [0.25, 0.3) is 21.8 Å². The quantitative estimate of drug-likeness (QED) is 0.549. The minimum atomic E-state index is 0.316. The van der Waals surface area contributed by atoms with E-state index >= 15 is 0 Å². The Morgan fingerprint density at radius 1 is 0.810 bits per heavy atom. The lowest BCUT2D eigenvalue weighted by Crippen LogP contribution is -1.89. The van der Waals surface area contributed by atoms with Gasteiger partial charge in [-0.25, -0.2) is 0 Å². The Bertz CT molecular complexity index is 937. The molecule has 0 radical (unpaired) electrons. The maximum Gasteiger partial charge on any atom is 0.115 e. The molecule has 4 rings (SSSR count). The van der Waals surface area contributed by atoms with Gasteiger partial charge in [0.1, 0.15) is 5.75 Å². The van der Waals surface area contributed by atoms with Crippen LogP contribution in [0.2, 0.25) is 0 Å². The molecule has 0 bridgehead atoms. The lowest BCUT2D eigenvalue weighted by atomic mass is 10.0. The summed E-state index contributed by atoms with van der Waals surface area (Å²) >= 11 is 0. The fourth-order valence-corrected chi connectivity index (χ4v) is 2.97. The maximum absolute atomic E-state index is 9.61. The molecule has 4 aromatic rings. The summed E-state index contributed by atoms with van der Waals surface area (Å²) in [5.41, 5.74) is 4.70. The van der Waals surface area contributed by atoms with Crippen LogP contribution in [0.5, 0.6) is 5.75 Å². The number of hydrogen-bond acceptors (Lipinski definition) is 1. The molecule has 102 valence electrons. The lowest BCUT2D eigenvalue weighted by molar-refractivity contribution is 0.474. The van der Waals surface area contributed by atoms with Crippen molar-refractivity contribution in [1.29, 1.82) is 0 Å². The molecular weight excluding hydrogens is 258 g/mol. The molecule has 21 heavy (non-hydrogen) atoms. The Labute approximate surface area is 122 Å². The van der Waals surface area contributed by atoms with Gasteiger partial charge in [-0.3, -0.25) is 0 Å². The fraction of sp³-hybridized carbons (Fsp3) is 0.0526. The highest BCUT2D eigenvalue weighted by Crippen LogP contribution is 2.28. The molecule has 0 saturated heterocycles. The van der Waals surface area contributed by atoms with Crippen LogP contribution in [-0.4, -0.2) is 10.1 Å². The van der Waals surface area contributed by atoms with Gasteiger partial charge in [0, 0.05) is 16.3 Å². The van der Waals surface area contributed by atoms with Crippen molar-refractivity contribution in [3.05, 3.63) is 77.9 Å². The number of hydrogen-bond donors (Lipinski definition) is 2. The summed E-state index contributed by atoms with van der Waals surface area (Å²) in [6, 6.07) is 22.2. The van der Waals surface area contributed by atoms with E-state index in [9.17, 15) is 5.11 Å². The van der Waals surface area contributed by atoms with E-state index in [0.29, 0.717) is 5.75 Å². The first-order valence-corrected chi connectivity index (χ1v) is 7.07. The Kier molecular flexibility index (Phi) is 2.68. The first kappa shape index (κ1) is 12.0. The molecule has 1 heterocycles. The van der Waals surface area contributed by atoms with Crippen LogP contribution >= 0.6 is 0 Å². The first-order valence-electron chi connectivity index (χ1n) is 7.07. The van der Waals surface area contributed by atoms with E-state index < -0.39 is 0 Å². The predicted molar refractivity (Wildman–Crippen MR) is 86.7 cm³/mol. The van der Waals surface area contributed by atoms with E-state index in [1.807, 2.05) is 24.3 Å². The van der Waals surface area contributed by atoms with Crippen molar-refractivity contribution in [2.45, 2.75) is 6.42 Å². The van der Waals surface area contributed by atoms with Crippen LogP contribution in [0, 0.1) is 0 Å². The van der Waals surface area contributed by atoms with Gasteiger partial charge in [-0.05, 0) is 35.7 Å². The molecule has 0 aliphatic carbocycles. The van der Waals surface area contributed by atoms with Gasteiger partial charge in [-0.2, -0.15) is 0 Å². The van der Waals surface area contributed by atoms with Crippen molar-refractivity contribution < 1.29 is 5.11 Å². The molecule has 0 spiro atoms. The van der Waals surface area contributed by atoms with Gasteiger partial charge < -0.3 is 10.1 Å². The molecular formula is C19H15NO. The van der Waals surface area contributed by atoms with Gasteiger partial charge >= 0.3 is 0 Å². The van der Waals surface area contributed by atoms with Gasteiger partial charge in [0.05, 0.1) is 5.52 Å². The molecule has 1 aromatic heterocycles. The summed E-state index contributed by atoms with van der Waals surface area (Å²) in [5, 5.41) is 12.1. The molecule has 0 saturated carbocycles. The van der Waals surface area contributed by atoms with E-state index in [1.54, 1.807) is 6.07 Å². The number of aromatic amines is 1. The standard InChI is InChI=1S/C19H15NO/c21-15-7-3-5-13(12-15)11-14-6-4-9-17-16-8-1-2-10-18(16)20-19(14)17/h1-10,12,20-21H,11H2. The van der Waals surface area contributed by atoms with Crippen molar-refractivity contribution in [3.63, 3.8) is 0 Å². The van der Waals surface area contributed by atoms with Crippen LogP contribution in [-0.2, 0) is 6.42 Å². The summed E-state index contributed by atoms with van der Waals surface area (Å²) < 4.78 is 0. The maximum atomic E-state index is 9.61. The average Bonchev–Trinajstić information content (AvgIpc) is 2.87. The number of benzene rings is 3. The fourth-order valence-electron chi connectivity index (χ4n) is 2.97. The number of para-hydroxylation sites is 2. The molecule has 0 aliphatic heterocycles. The first-order chi connectivity index (χ1) is 10.3. The number of nitrogens with one attached hydrogen (secondary N) is 1. The van der Waals surface area contributed by atoms with Crippen molar-refractivity contribution in [2.75, 3.05) is 0 Å². The summed E-state index contributed by atoms with van der Waals surface area (Å²) in [7, 11) is 0. The van der Waals surface area contributed by atoms with Gasteiger partial charge in [-0.1, -0.05) is 48.5 Å². The molecule has 2 heteroatoms. The molecule has 2 nitrogen and oxygen atoms in total. The average molecular weight is 273 g/mol. The van der Waals surface area contributed by atoms with Gasteiger partial charge in [0.2, 0.25) is 0 Å². The number of H-pyrrole nitrogens is 1. The van der Waals surface area contributed by atoms with Crippen LogP contribution in [0.4, 0.5) is 0 Å². The minimum absolute atomic E-state index is 0.316. The summed E-state index contributed by atoms with van der Waals surface area (Å²) in [6.07, 6.45) is 0.804. The zero-order valence-corrected chi connectivity index (χ0v) is 11.5. The number of phenolic OH excluding ortho intramolecular Hbond substituents is 1. The highest BCUT2D eigenvalue weighted by molar-refractivity contribution is 6.08. The third-order valence-electron chi connectivity index (χ3n) is 3.93. The van der Waals surface area contributed by atoms with Crippen LogP contribution in [0.3, 0.4) is 0 Å². The molecule has 0 amide bonds. The molecule has 0 atom stereocenters. The second-order valence-corrected chi connectivity index (χ2v) is 5.36. The molecule has 2 N–H and O–H groups in total. The van der Waals surface area contributed by atoms with Crippen LogP contribution < -0.4 is 0 Å². The van der Waals surface area contributed by atoms with Gasteiger partial charge in [0.25, 0.3) is 0 Å². The van der Waals surface area contributed by atoms with E-state index in [2.05, 4.69) is 41.4 Å². The predicted octanol–water partition coefficient (Wildman–Crippen LogP) is 4.62. The number of rotatable bonds is 2. The Hall–Kier alpha value is -2.74. The monoisotopic (exact) mass is 273 g/mol. The highest BCUT2D eigenvalue weighted by atomic mass is 16.3. The van der Waals surface area contributed by atoms with Crippen molar-refractivity contribution >= 4 is 21.8 Å². The van der Waals surface area contributed by atoms with E-state index in [0.717, 1.165) is 17.5 Å². The van der Waals surface area contributed by atoms with E-state index in [-0.39, 0.29) is 0 Å². The summed E-state index contributed by atoms with van der Waals surface area (Å²) in [5.74, 6) is 0.316. The SMILES string of the molecule is Oc1cccc(Cc2cccc3c2[nH]c2ccccc23)c1. The zero-order chi connectivity index (χ0) is 14.2. The van der Waals surface area contributed by atoms with Crippen molar-refractivity contribution in [3.8, 4) is 5.75 Å². The summed E-state index contributed by atoms with van der Waals surface area (Å²) in [4.78, 5) is 3.52. The Balaban J connectivity index is 1.89. The zero-order valence-electron chi connectivity index (χ0n) is 11.5. The number of aromatic hydroxyl groups is 1. The Morgan fingerprint density at radius 3 is 2.52 bits per heavy atom. The summed E-state index contributed by atoms with van der Waals surface area (Å²) in [6.45, 7) is 0. The number of aromatic nitrogens is 1. The molecule has 0 aliphatic rings. The minimum Gasteiger partial charge on any atom is -0.508 e. The molecule has 0 unspecified atom stereocenters. The van der Waals surface area contributed by atoms with E-state index in [1.165, 1.54) is 21.9 Å². The van der Waals surface area contributed by atoms with Crippen LogP contribution in [0.15, 0.2) is 66.7 Å². The molecule has 3 aromatic carbocycles. The smallest absolute Gasteiger partial charge is 0.115 e. The second-order valence-electron chi connectivity index (χ2n) is 5.36. The third-order valence-corrected chi connectivity index (χ3v) is 3.93. The third kappa shape index (κ3) is 2.05. The van der Waals surface area contributed by atoms with Gasteiger partial charge in [0.15, 0.2) is 0 Å². The molecule has 0 fully saturated rings. The number of fused-ring (bicyclic) bond motifs is 3. The van der Waals surface area contributed by atoms with Crippen molar-refractivity contribution in [1.82, 2.24) is 4.98 Å². The van der Waals surface area contributed by atoms with Crippen molar-refractivity contribution in [2.24, 2.45) is 0 Å². The highest BCUT2D eigenvalue weighted by Gasteiger charge is 2.08. The van der Waals surface area contributed by atoms with E-state index in [4.69, 9.17) is 0 Å². The largest absolute Gasteiger partial charge is 0.508 e.